The van der Waals surface area contributed by atoms with Crippen molar-refractivity contribution in [3.63, 3.8) is 0 Å². The maximum absolute atomic E-state index is 11.7. The van der Waals surface area contributed by atoms with Gasteiger partial charge in [-0.3, -0.25) is 0 Å². The molecule has 0 aromatic heterocycles. The molecule has 0 bridgehead atoms. The van der Waals surface area contributed by atoms with E-state index in [4.69, 9.17) is 4.74 Å². The number of rotatable bonds is 15. The Bertz CT molecular complexity index is 440. The summed E-state index contributed by atoms with van der Waals surface area (Å²) in [5.74, 6) is 0. The summed E-state index contributed by atoms with van der Waals surface area (Å²) in [5.41, 5.74) is -0.622. The first-order valence-corrected chi connectivity index (χ1v) is 10.9. The molecule has 0 radical (unpaired) electrons. The second kappa shape index (κ2) is 16.6. The predicted molar refractivity (Wildman–Crippen MR) is 116 cm³/mol. The Labute approximate surface area is 172 Å². The fourth-order valence-corrected chi connectivity index (χ4v) is 2.76. The Morgan fingerprint density at radius 2 is 1.57 bits per heavy atom. The van der Waals surface area contributed by atoms with Gasteiger partial charge in [-0.25, -0.2) is 4.79 Å². The number of hydrogen-bond acceptors (Lipinski definition) is 4. The molecule has 0 saturated carbocycles. The van der Waals surface area contributed by atoms with Crippen molar-refractivity contribution >= 4 is 6.09 Å². The third kappa shape index (κ3) is 16.8. The van der Waals surface area contributed by atoms with Crippen molar-refractivity contribution in [2.24, 2.45) is 0 Å². The lowest BCUT2D eigenvalue weighted by Crippen LogP contribution is -2.46. The van der Waals surface area contributed by atoms with E-state index >= 15 is 0 Å². The summed E-state index contributed by atoms with van der Waals surface area (Å²) in [6.45, 7) is 7.15. The van der Waals surface area contributed by atoms with E-state index in [0.717, 1.165) is 6.42 Å². The first-order chi connectivity index (χ1) is 13.3. The largest absolute Gasteiger partial charge is 0.444 e. The molecule has 0 aliphatic heterocycles. The average Bonchev–Trinajstić information content (AvgIpc) is 2.61. The fourth-order valence-electron chi connectivity index (χ4n) is 2.76. The standard InChI is InChI=1S/C23H43NO4/c1-5-6-7-8-9-10-11-12-13-14-15-16-17-18-21(26)20(19-25)24-22(27)28-23(2,3)4/h15-18,20-21,25-26H,5-14,19H2,1-4H3,(H,24,27)/b16-15+,18-17+/t20-,21+/m0/s1. The monoisotopic (exact) mass is 397 g/mol. The molecule has 5 heteroatoms. The minimum absolute atomic E-state index is 0.368. The molecular formula is C23H43NO4. The van der Waals surface area contributed by atoms with Crippen LogP contribution in [0, 0.1) is 0 Å². The molecule has 1 amide bonds. The van der Waals surface area contributed by atoms with E-state index in [2.05, 4.69) is 18.3 Å². The fraction of sp³-hybridized carbons (Fsp3) is 0.783. The molecule has 0 aliphatic rings. The van der Waals surface area contributed by atoms with E-state index in [1.165, 1.54) is 57.8 Å². The van der Waals surface area contributed by atoms with Gasteiger partial charge in [0.25, 0.3) is 0 Å². The van der Waals surface area contributed by atoms with Gasteiger partial charge in [-0.2, -0.15) is 0 Å². The number of aliphatic hydroxyl groups excluding tert-OH is 2. The van der Waals surface area contributed by atoms with Crippen LogP contribution in [0.5, 0.6) is 0 Å². The third-order valence-corrected chi connectivity index (χ3v) is 4.34. The second-order valence-electron chi connectivity index (χ2n) is 8.36. The summed E-state index contributed by atoms with van der Waals surface area (Å²) in [4.78, 5) is 11.7. The highest BCUT2D eigenvalue weighted by Gasteiger charge is 2.22. The lowest BCUT2D eigenvalue weighted by atomic mass is 10.1. The summed E-state index contributed by atoms with van der Waals surface area (Å²) in [6.07, 6.45) is 18.6. The predicted octanol–water partition coefficient (Wildman–Crippen LogP) is 5.27. The second-order valence-corrected chi connectivity index (χ2v) is 8.36. The van der Waals surface area contributed by atoms with Crippen molar-refractivity contribution in [1.82, 2.24) is 5.32 Å². The molecule has 0 aromatic carbocycles. The van der Waals surface area contributed by atoms with Crippen LogP contribution in [0.4, 0.5) is 4.79 Å². The maximum Gasteiger partial charge on any atom is 0.408 e. The molecule has 0 unspecified atom stereocenters. The van der Waals surface area contributed by atoms with E-state index < -0.39 is 23.8 Å². The van der Waals surface area contributed by atoms with Crippen LogP contribution < -0.4 is 5.32 Å². The number of nitrogens with one attached hydrogen (secondary N) is 1. The highest BCUT2D eigenvalue weighted by atomic mass is 16.6. The van der Waals surface area contributed by atoms with Crippen molar-refractivity contribution in [2.45, 2.75) is 110 Å². The van der Waals surface area contributed by atoms with Gasteiger partial charge < -0.3 is 20.3 Å². The number of carbonyl (C=O) groups excluding carboxylic acids is 1. The Morgan fingerprint density at radius 3 is 2.11 bits per heavy atom. The SMILES string of the molecule is CCCCCCCCCCC/C=C/C=C/[C@@H](O)[C@H](CO)NC(=O)OC(C)(C)C. The average molecular weight is 398 g/mol. The molecule has 0 saturated heterocycles. The van der Waals surface area contributed by atoms with E-state index in [1.54, 1.807) is 32.9 Å². The van der Waals surface area contributed by atoms with Gasteiger partial charge in [0.05, 0.1) is 18.8 Å². The number of allylic oxidation sites excluding steroid dienone is 3. The quantitative estimate of drug-likeness (QED) is 0.260. The maximum atomic E-state index is 11.7. The summed E-state index contributed by atoms with van der Waals surface area (Å²) >= 11 is 0. The summed E-state index contributed by atoms with van der Waals surface area (Å²) < 4.78 is 5.13. The van der Waals surface area contributed by atoms with Gasteiger partial charge in [-0.15, -0.1) is 0 Å². The van der Waals surface area contributed by atoms with Crippen molar-refractivity contribution in [3.05, 3.63) is 24.3 Å². The van der Waals surface area contributed by atoms with Gasteiger partial charge in [-0.05, 0) is 33.6 Å². The Kier molecular flexibility index (Phi) is 15.8. The lowest BCUT2D eigenvalue weighted by Gasteiger charge is -2.24. The first-order valence-electron chi connectivity index (χ1n) is 10.9. The van der Waals surface area contributed by atoms with Crippen LogP contribution in [0.25, 0.3) is 0 Å². The van der Waals surface area contributed by atoms with E-state index in [-0.39, 0.29) is 6.61 Å². The number of hydrogen-bond donors (Lipinski definition) is 3. The van der Waals surface area contributed by atoms with Gasteiger partial charge in [-0.1, -0.05) is 82.6 Å². The number of ether oxygens (including phenoxy) is 1. The molecule has 0 spiro atoms. The highest BCUT2D eigenvalue weighted by Crippen LogP contribution is 2.11. The zero-order valence-corrected chi connectivity index (χ0v) is 18.5. The molecule has 164 valence electrons. The van der Waals surface area contributed by atoms with Crippen LogP contribution in [0.2, 0.25) is 0 Å². The van der Waals surface area contributed by atoms with Gasteiger partial charge in [0, 0.05) is 0 Å². The molecule has 3 N–H and O–H groups in total. The summed E-state index contributed by atoms with van der Waals surface area (Å²) in [6, 6.07) is -0.795. The highest BCUT2D eigenvalue weighted by molar-refractivity contribution is 5.68. The van der Waals surface area contributed by atoms with Crippen LogP contribution in [0.1, 0.15) is 91.9 Å². The Hall–Kier alpha value is -1.33. The minimum atomic E-state index is -0.977. The van der Waals surface area contributed by atoms with Gasteiger partial charge >= 0.3 is 6.09 Å². The molecule has 0 fully saturated rings. The van der Waals surface area contributed by atoms with Crippen molar-refractivity contribution in [2.75, 3.05) is 6.61 Å². The zero-order chi connectivity index (χ0) is 21.3. The Balaban J connectivity index is 3.88. The number of unbranched alkanes of at least 4 members (excludes halogenated alkanes) is 9. The molecule has 28 heavy (non-hydrogen) atoms. The molecule has 0 aromatic rings. The van der Waals surface area contributed by atoms with Gasteiger partial charge in [0.1, 0.15) is 5.60 Å². The third-order valence-electron chi connectivity index (χ3n) is 4.34. The number of carbonyl (C=O) groups is 1. The van der Waals surface area contributed by atoms with E-state index in [9.17, 15) is 15.0 Å². The molecule has 2 atom stereocenters. The summed E-state index contributed by atoms with van der Waals surface area (Å²) in [5, 5.41) is 21.9. The zero-order valence-electron chi connectivity index (χ0n) is 18.5. The molecule has 5 nitrogen and oxygen atoms in total. The smallest absolute Gasteiger partial charge is 0.408 e. The van der Waals surface area contributed by atoms with Crippen LogP contribution in [0.3, 0.4) is 0 Å². The molecule has 0 rings (SSSR count). The number of aliphatic hydroxyl groups is 2. The van der Waals surface area contributed by atoms with Crippen molar-refractivity contribution < 1.29 is 19.7 Å². The van der Waals surface area contributed by atoms with Crippen LogP contribution in [-0.2, 0) is 4.74 Å². The summed E-state index contributed by atoms with van der Waals surface area (Å²) in [7, 11) is 0. The normalized spacial score (nSPS) is 14.5. The van der Waals surface area contributed by atoms with E-state index in [1.807, 2.05) is 6.08 Å². The molecule has 0 heterocycles. The topological polar surface area (TPSA) is 78.8 Å². The number of amides is 1. The molecule has 0 aliphatic carbocycles. The molecular weight excluding hydrogens is 354 g/mol. The minimum Gasteiger partial charge on any atom is -0.444 e. The first kappa shape index (κ1) is 26.7. The van der Waals surface area contributed by atoms with Crippen molar-refractivity contribution in [3.8, 4) is 0 Å². The van der Waals surface area contributed by atoms with E-state index in [0.29, 0.717) is 0 Å². The van der Waals surface area contributed by atoms with Crippen LogP contribution in [-0.4, -0.2) is 40.7 Å². The van der Waals surface area contributed by atoms with Gasteiger partial charge in [0.2, 0.25) is 0 Å². The van der Waals surface area contributed by atoms with Crippen LogP contribution in [0.15, 0.2) is 24.3 Å². The Morgan fingerprint density at radius 1 is 1.00 bits per heavy atom. The van der Waals surface area contributed by atoms with Crippen molar-refractivity contribution in [1.29, 1.82) is 0 Å². The number of alkyl carbamates (subject to hydrolysis) is 1. The van der Waals surface area contributed by atoms with Gasteiger partial charge in [0.15, 0.2) is 0 Å². The lowest BCUT2D eigenvalue weighted by molar-refractivity contribution is 0.0406. The van der Waals surface area contributed by atoms with Crippen LogP contribution >= 0.6 is 0 Å².